The molecule has 1 atom stereocenters. The predicted molar refractivity (Wildman–Crippen MR) is 111 cm³/mol. The molecule has 0 fully saturated rings. The van der Waals surface area contributed by atoms with Crippen LogP contribution in [0.2, 0.25) is 0 Å². The molecule has 2 N–H and O–H groups in total. The highest BCUT2D eigenvalue weighted by Gasteiger charge is 2.36. The van der Waals surface area contributed by atoms with E-state index in [1.54, 1.807) is 28.7 Å². The molecule has 144 valence electrons. The van der Waals surface area contributed by atoms with Crippen LogP contribution in [0.15, 0.2) is 37.9 Å². The van der Waals surface area contributed by atoms with Gasteiger partial charge >= 0.3 is 5.63 Å². The summed E-state index contributed by atoms with van der Waals surface area (Å²) < 4.78 is 12.7. The molecule has 0 spiro atoms. The van der Waals surface area contributed by atoms with Crippen molar-refractivity contribution in [2.24, 2.45) is 0 Å². The number of nitrogens with two attached hydrogens (primary N) is 1. The lowest BCUT2D eigenvalue weighted by atomic mass is 9.93. The second kappa shape index (κ2) is 6.34. The largest absolute Gasteiger partial charge is 0.406 e. The van der Waals surface area contributed by atoms with Crippen LogP contribution in [0.3, 0.4) is 0 Å². The van der Waals surface area contributed by atoms with Gasteiger partial charge in [0.05, 0.1) is 5.92 Å². The zero-order valence-electron chi connectivity index (χ0n) is 15.4. The Labute approximate surface area is 172 Å². The molecule has 1 aliphatic rings. The molecule has 0 aromatic carbocycles. The maximum atomic E-state index is 12.7. The molecule has 0 saturated carbocycles. The maximum absolute atomic E-state index is 12.7. The van der Waals surface area contributed by atoms with Crippen LogP contribution in [-0.2, 0) is 0 Å². The van der Waals surface area contributed by atoms with Crippen molar-refractivity contribution in [2.75, 3.05) is 5.73 Å². The van der Waals surface area contributed by atoms with Gasteiger partial charge in [-0.15, -0.1) is 22.7 Å². The molecule has 9 heteroatoms. The first-order chi connectivity index (χ1) is 14.0. The van der Waals surface area contributed by atoms with Crippen molar-refractivity contribution in [1.29, 1.82) is 5.26 Å². The topological polar surface area (TPSA) is 111 Å². The van der Waals surface area contributed by atoms with E-state index in [2.05, 4.69) is 11.1 Å². The average Bonchev–Trinajstić information content (AvgIpc) is 3.43. The first-order valence-electron chi connectivity index (χ1n) is 8.73. The number of oxazole rings is 2. The summed E-state index contributed by atoms with van der Waals surface area (Å²) in [6, 6.07) is 9.99. The van der Waals surface area contributed by atoms with E-state index in [1.165, 1.54) is 4.57 Å². The lowest BCUT2D eigenvalue weighted by Crippen LogP contribution is -2.35. The van der Waals surface area contributed by atoms with Crippen molar-refractivity contribution < 1.29 is 8.83 Å². The molecule has 1 aliphatic heterocycles. The van der Waals surface area contributed by atoms with Crippen LogP contribution < -0.4 is 22.3 Å². The highest BCUT2D eigenvalue weighted by Crippen LogP contribution is 2.40. The minimum atomic E-state index is -0.553. The van der Waals surface area contributed by atoms with E-state index in [1.807, 2.05) is 38.1 Å². The molecule has 0 saturated heterocycles. The van der Waals surface area contributed by atoms with Gasteiger partial charge in [-0.3, -0.25) is 0 Å². The molecular formula is C20H14N4O3S2. The number of anilines is 1. The second-order valence-corrected chi connectivity index (χ2v) is 9.30. The van der Waals surface area contributed by atoms with E-state index < -0.39 is 11.5 Å². The zero-order valence-corrected chi connectivity index (χ0v) is 17.1. The van der Waals surface area contributed by atoms with Gasteiger partial charge in [-0.2, -0.15) is 10.2 Å². The number of nitrogens with zero attached hydrogens (tertiary/aromatic N) is 3. The zero-order chi connectivity index (χ0) is 20.3. The van der Waals surface area contributed by atoms with Crippen molar-refractivity contribution in [2.45, 2.75) is 19.8 Å². The van der Waals surface area contributed by atoms with Crippen molar-refractivity contribution in [3.63, 3.8) is 0 Å². The number of hydrogen-bond acceptors (Lipinski definition) is 8. The van der Waals surface area contributed by atoms with Crippen molar-refractivity contribution in [1.82, 2.24) is 9.55 Å². The number of aryl methyl sites for hydroxylation is 2. The summed E-state index contributed by atoms with van der Waals surface area (Å²) in [5, 5.41) is 10.2. The Kier molecular flexibility index (Phi) is 3.87. The Hall–Kier alpha value is -3.35. The number of aromatic nitrogens is 2. The summed E-state index contributed by atoms with van der Waals surface area (Å²) in [6.45, 7) is 3.97. The Morgan fingerprint density at radius 3 is 2.62 bits per heavy atom. The summed E-state index contributed by atoms with van der Waals surface area (Å²) in [5.74, 6) is -0.199. The summed E-state index contributed by atoms with van der Waals surface area (Å²) in [4.78, 5) is 21.1. The summed E-state index contributed by atoms with van der Waals surface area (Å²) >= 11 is 3.10. The third-order valence-corrected chi connectivity index (χ3v) is 6.71. The Balaban J connectivity index is 1.90. The number of fused-ring (bicyclic) bond motifs is 3. The number of hydrogen-bond donors (Lipinski definition) is 1. The van der Waals surface area contributed by atoms with Crippen molar-refractivity contribution >= 4 is 40.3 Å². The first kappa shape index (κ1) is 17.7. The molecular weight excluding hydrogens is 408 g/mol. The fraction of sp³-hybridized carbons (Fsp3) is 0.150. The van der Waals surface area contributed by atoms with Gasteiger partial charge in [0, 0.05) is 19.5 Å². The van der Waals surface area contributed by atoms with Crippen LogP contribution in [-0.4, -0.2) is 9.55 Å². The summed E-state index contributed by atoms with van der Waals surface area (Å²) in [6.07, 6.45) is 1.72. The molecule has 0 radical (unpaired) electrons. The predicted octanol–water partition coefficient (Wildman–Crippen LogP) is 2.39. The smallest absolute Gasteiger partial charge is 0.362 e. The van der Waals surface area contributed by atoms with Gasteiger partial charge in [-0.25, -0.2) is 9.36 Å². The number of rotatable bonds is 2. The Morgan fingerprint density at radius 2 is 1.97 bits per heavy atom. The van der Waals surface area contributed by atoms with E-state index in [9.17, 15) is 10.1 Å². The molecule has 5 heterocycles. The normalized spacial score (nSPS) is 16.0. The van der Waals surface area contributed by atoms with Gasteiger partial charge < -0.3 is 14.6 Å². The van der Waals surface area contributed by atoms with Gasteiger partial charge in [0.15, 0.2) is 0 Å². The fourth-order valence-corrected chi connectivity index (χ4v) is 5.31. The summed E-state index contributed by atoms with van der Waals surface area (Å²) in [7, 11) is 0. The number of nitrogen functional groups attached to an aromatic ring is 1. The first-order valence-corrected chi connectivity index (χ1v) is 10.4. The standard InChI is InChI=1S/C20H14N4O3S2/c1-9-3-5-11(28-9)7-13-19(25)26-17-12(8-21)15(14-6-4-10(2)29-14)16-18(24(13)17)27-20(22)23-16/h3-7,15H,1-2H3,(H2,22,23)/b13-7+/t15-/m0/s1. The number of thiophene rings is 2. The number of nitriles is 1. The molecule has 29 heavy (non-hydrogen) atoms. The van der Waals surface area contributed by atoms with Gasteiger partial charge in [0.2, 0.25) is 11.4 Å². The van der Waals surface area contributed by atoms with Gasteiger partial charge in [0.1, 0.15) is 22.7 Å². The third-order valence-electron chi connectivity index (χ3n) is 4.70. The van der Waals surface area contributed by atoms with Crippen LogP contribution in [0.25, 0.3) is 17.5 Å². The minimum Gasteiger partial charge on any atom is -0.406 e. The molecule has 4 aromatic rings. The average molecular weight is 422 g/mol. The van der Waals surface area contributed by atoms with Gasteiger partial charge in [0.25, 0.3) is 6.01 Å². The Bertz CT molecular complexity index is 1490. The molecule has 7 nitrogen and oxygen atoms in total. The highest BCUT2D eigenvalue weighted by atomic mass is 32.1. The van der Waals surface area contributed by atoms with E-state index in [4.69, 9.17) is 14.6 Å². The molecule has 0 aliphatic carbocycles. The molecule has 0 unspecified atom stereocenters. The van der Waals surface area contributed by atoms with Crippen LogP contribution in [0.1, 0.15) is 31.1 Å². The van der Waals surface area contributed by atoms with Crippen molar-refractivity contribution in [3.8, 4) is 12.0 Å². The van der Waals surface area contributed by atoms with Crippen LogP contribution >= 0.6 is 22.7 Å². The lowest BCUT2D eigenvalue weighted by Gasteiger charge is -2.17. The van der Waals surface area contributed by atoms with E-state index in [0.29, 0.717) is 17.2 Å². The highest BCUT2D eigenvalue weighted by molar-refractivity contribution is 7.12. The molecule has 0 amide bonds. The molecule has 4 aromatic heterocycles. The molecule has 0 bridgehead atoms. The second-order valence-electron chi connectivity index (χ2n) is 6.66. The van der Waals surface area contributed by atoms with E-state index >= 15 is 0 Å². The van der Waals surface area contributed by atoms with Crippen LogP contribution in [0, 0.1) is 25.2 Å². The van der Waals surface area contributed by atoms with E-state index in [0.717, 1.165) is 19.5 Å². The van der Waals surface area contributed by atoms with E-state index in [-0.39, 0.29) is 16.9 Å². The summed E-state index contributed by atoms with van der Waals surface area (Å²) in [5.41, 5.74) is 6.26. The third kappa shape index (κ3) is 2.68. The Morgan fingerprint density at radius 1 is 1.21 bits per heavy atom. The van der Waals surface area contributed by atoms with Crippen LogP contribution in [0.4, 0.5) is 6.01 Å². The molecule has 5 rings (SSSR count). The quantitative estimate of drug-likeness (QED) is 0.531. The van der Waals surface area contributed by atoms with Crippen molar-refractivity contribution in [3.05, 3.63) is 70.8 Å². The maximum Gasteiger partial charge on any atom is 0.362 e. The minimum absolute atomic E-state index is 0.0301. The van der Waals surface area contributed by atoms with Gasteiger partial charge in [-0.05, 0) is 44.2 Å². The lowest BCUT2D eigenvalue weighted by molar-refractivity contribution is 0.455. The fourth-order valence-electron chi connectivity index (χ4n) is 3.50. The van der Waals surface area contributed by atoms with Gasteiger partial charge in [-0.1, -0.05) is 0 Å². The van der Waals surface area contributed by atoms with Crippen LogP contribution in [0.5, 0.6) is 0 Å². The SMILES string of the molecule is Cc1ccc(/C=c2\c(=O)oc3n2-c2oc(N)nc2[C@H](c2ccc(C)s2)C=3C#N)s1. The monoisotopic (exact) mass is 422 g/mol.